The number of likely N-dealkylation sites (N-methyl/N-ethyl adjacent to an activating group) is 1. The van der Waals surface area contributed by atoms with Gasteiger partial charge in [-0.15, -0.1) is 0 Å². The maximum absolute atomic E-state index is 13.0. The van der Waals surface area contributed by atoms with Crippen molar-refractivity contribution in [2.24, 2.45) is 0 Å². The van der Waals surface area contributed by atoms with Gasteiger partial charge in [-0.3, -0.25) is 4.90 Å². The largest absolute Gasteiger partial charge is 0.296 e. The van der Waals surface area contributed by atoms with Crippen LogP contribution < -0.4 is 0 Å². The van der Waals surface area contributed by atoms with Crippen molar-refractivity contribution in [2.75, 3.05) is 26.2 Å². The van der Waals surface area contributed by atoms with Crippen LogP contribution >= 0.6 is 0 Å². The van der Waals surface area contributed by atoms with Gasteiger partial charge in [0.1, 0.15) is 0 Å². The molecule has 3 aromatic rings. The highest BCUT2D eigenvalue weighted by Crippen LogP contribution is 2.34. The smallest absolute Gasteiger partial charge is 0.243 e. The third-order valence-electron chi connectivity index (χ3n) is 7.16. The summed E-state index contributed by atoms with van der Waals surface area (Å²) in [5, 5.41) is 0. The number of benzene rings is 3. The average molecular weight is 489 g/mol. The zero-order valence-corrected chi connectivity index (χ0v) is 22.0. The molecule has 0 radical (unpaired) electrons. The molecule has 0 saturated carbocycles. The van der Waals surface area contributed by atoms with Gasteiger partial charge in [0.15, 0.2) is 0 Å². The number of sulfonamides is 1. The van der Waals surface area contributed by atoms with Crippen molar-refractivity contribution < 1.29 is 8.42 Å². The molecule has 1 fully saturated rings. The summed E-state index contributed by atoms with van der Waals surface area (Å²) >= 11 is 0. The Morgan fingerprint density at radius 1 is 0.943 bits per heavy atom. The van der Waals surface area contributed by atoms with Gasteiger partial charge in [-0.25, -0.2) is 8.42 Å². The highest BCUT2D eigenvalue weighted by Gasteiger charge is 2.35. The number of hydrogen-bond acceptors (Lipinski definition) is 3. The maximum atomic E-state index is 13.0. The summed E-state index contributed by atoms with van der Waals surface area (Å²) < 4.78 is 27.6. The lowest BCUT2D eigenvalue weighted by molar-refractivity contribution is 0.0871. The van der Waals surface area contributed by atoms with E-state index in [2.05, 4.69) is 73.4 Å². The summed E-state index contributed by atoms with van der Waals surface area (Å²) in [4.78, 5) is 2.82. The van der Waals surface area contributed by atoms with Gasteiger partial charge >= 0.3 is 0 Å². The molecule has 0 bridgehead atoms. The Bertz CT molecular complexity index is 1280. The standard InChI is InChI=1S/C30H36N2O2S/c1-5-32(35(33,34)30-14-7-6-12-24(30)3)20-9-8-19-31-22-29(25(31)4)27-17-15-26(16-18-27)28-13-10-11-23(2)21-28/h6-18,21,25,29H,5,19-20,22H2,1-4H3/b9-8-. The van der Waals surface area contributed by atoms with Crippen LogP contribution in [0.25, 0.3) is 11.1 Å². The minimum Gasteiger partial charge on any atom is -0.296 e. The summed E-state index contributed by atoms with van der Waals surface area (Å²) in [5.74, 6) is 0.531. The minimum absolute atomic E-state index is 0.388. The zero-order valence-electron chi connectivity index (χ0n) is 21.2. The molecule has 3 aromatic carbocycles. The molecule has 0 spiro atoms. The Kier molecular flexibility index (Phi) is 7.90. The fourth-order valence-electron chi connectivity index (χ4n) is 4.84. The summed E-state index contributed by atoms with van der Waals surface area (Å²) in [6, 6.07) is 25.2. The van der Waals surface area contributed by atoms with Crippen LogP contribution in [0.2, 0.25) is 0 Å². The SMILES string of the molecule is CCN(C/C=C\CN1CC(c2ccc(-c3cccc(C)c3)cc2)C1C)S(=O)(=O)c1ccccc1C. The number of rotatable bonds is 9. The van der Waals surface area contributed by atoms with E-state index in [9.17, 15) is 8.42 Å². The molecule has 1 heterocycles. The minimum atomic E-state index is -3.49. The van der Waals surface area contributed by atoms with Crippen molar-refractivity contribution in [3.63, 3.8) is 0 Å². The molecule has 2 atom stereocenters. The van der Waals surface area contributed by atoms with Crippen LogP contribution in [0, 0.1) is 13.8 Å². The number of likely N-dealkylation sites (tertiary alicyclic amines) is 1. The van der Waals surface area contributed by atoms with Gasteiger partial charge in [-0.1, -0.05) is 91.4 Å². The number of hydrogen-bond donors (Lipinski definition) is 0. The molecule has 2 unspecified atom stereocenters. The second-order valence-corrected chi connectivity index (χ2v) is 11.4. The second-order valence-electron chi connectivity index (χ2n) is 9.49. The van der Waals surface area contributed by atoms with Crippen LogP contribution in [-0.2, 0) is 10.0 Å². The maximum Gasteiger partial charge on any atom is 0.243 e. The van der Waals surface area contributed by atoms with E-state index in [1.165, 1.54) is 26.6 Å². The third-order valence-corrected chi connectivity index (χ3v) is 9.26. The second kappa shape index (κ2) is 10.9. The molecule has 4 nitrogen and oxygen atoms in total. The van der Waals surface area contributed by atoms with Crippen molar-refractivity contribution in [3.05, 3.63) is 102 Å². The van der Waals surface area contributed by atoms with Crippen LogP contribution in [0.1, 0.15) is 36.5 Å². The lowest BCUT2D eigenvalue weighted by atomic mass is 9.83. The van der Waals surface area contributed by atoms with E-state index in [1.54, 1.807) is 12.1 Å². The Balaban J connectivity index is 1.31. The first-order valence-electron chi connectivity index (χ1n) is 12.4. The van der Waals surface area contributed by atoms with E-state index in [0.717, 1.165) is 18.7 Å². The summed E-state index contributed by atoms with van der Waals surface area (Å²) in [5.41, 5.74) is 5.96. The fraction of sp³-hybridized carbons (Fsp3) is 0.333. The Morgan fingerprint density at radius 2 is 1.69 bits per heavy atom. The van der Waals surface area contributed by atoms with E-state index < -0.39 is 10.0 Å². The quantitative estimate of drug-likeness (QED) is 0.346. The topological polar surface area (TPSA) is 40.6 Å². The summed E-state index contributed by atoms with van der Waals surface area (Å²) in [7, 11) is -3.49. The predicted molar refractivity (Wildman–Crippen MR) is 145 cm³/mol. The van der Waals surface area contributed by atoms with Crippen LogP contribution in [0.3, 0.4) is 0 Å². The van der Waals surface area contributed by atoms with Gasteiger partial charge in [0.2, 0.25) is 10.0 Å². The number of nitrogens with zero attached hydrogens (tertiary/aromatic N) is 2. The predicted octanol–water partition coefficient (Wildman–Crippen LogP) is 6.03. The van der Waals surface area contributed by atoms with E-state index in [0.29, 0.717) is 29.9 Å². The molecule has 184 valence electrons. The van der Waals surface area contributed by atoms with Crippen molar-refractivity contribution in [1.82, 2.24) is 9.21 Å². The lowest BCUT2D eigenvalue weighted by Gasteiger charge is -2.46. The van der Waals surface area contributed by atoms with E-state index in [4.69, 9.17) is 0 Å². The normalized spacial score (nSPS) is 18.8. The van der Waals surface area contributed by atoms with Crippen LogP contribution in [0.15, 0.2) is 89.8 Å². The van der Waals surface area contributed by atoms with Crippen molar-refractivity contribution in [3.8, 4) is 11.1 Å². The monoisotopic (exact) mass is 488 g/mol. The first-order valence-corrected chi connectivity index (χ1v) is 13.9. The molecule has 0 N–H and O–H groups in total. The van der Waals surface area contributed by atoms with Gasteiger partial charge < -0.3 is 0 Å². The molecule has 0 aliphatic carbocycles. The van der Waals surface area contributed by atoms with Crippen LogP contribution in [0.4, 0.5) is 0 Å². The molecule has 1 aliphatic heterocycles. The molecular formula is C30H36N2O2S. The molecule has 35 heavy (non-hydrogen) atoms. The average Bonchev–Trinajstić information content (AvgIpc) is 2.85. The van der Waals surface area contributed by atoms with E-state index in [1.807, 2.05) is 32.1 Å². The Hall–Kier alpha value is -2.73. The Morgan fingerprint density at radius 3 is 2.34 bits per heavy atom. The van der Waals surface area contributed by atoms with E-state index in [-0.39, 0.29) is 0 Å². The summed E-state index contributed by atoms with van der Waals surface area (Å²) in [6.07, 6.45) is 4.08. The van der Waals surface area contributed by atoms with Gasteiger partial charge in [-0.2, -0.15) is 4.31 Å². The van der Waals surface area contributed by atoms with Crippen LogP contribution in [0.5, 0.6) is 0 Å². The van der Waals surface area contributed by atoms with Gasteiger partial charge in [0, 0.05) is 38.1 Å². The fourth-order valence-corrected chi connectivity index (χ4v) is 6.47. The molecule has 0 amide bonds. The van der Waals surface area contributed by atoms with Gasteiger partial charge in [0.25, 0.3) is 0 Å². The summed E-state index contributed by atoms with van der Waals surface area (Å²) in [6.45, 7) is 10.8. The third kappa shape index (κ3) is 5.58. The first kappa shape index (κ1) is 25.4. The van der Waals surface area contributed by atoms with E-state index >= 15 is 0 Å². The molecule has 1 saturated heterocycles. The number of aryl methyl sites for hydroxylation is 2. The van der Waals surface area contributed by atoms with Gasteiger partial charge in [0.05, 0.1) is 4.90 Å². The molecule has 4 rings (SSSR count). The molecule has 1 aliphatic rings. The van der Waals surface area contributed by atoms with Crippen molar-refractivity contribution in [1.29, 1.82) is 0 Å². The van der Waals surface area contributed by atoms with Crippen molar-refractivity contribution in [2.45, 2.75) is 44.6 Å². The highest BCUT2D eigenvalue weighted by molar-refractivity contribution is 7.89. The van der Waals surface area contributed by atoms with Crippen molar-refractivity contribution >= 4 is 10.0 Å². The van der Waals surface area contributed by atoms with Crippen LogP contribution in [-0.4, -0.2) is 49.8 Å². The first-order chi connectivity index (χ1) is 16.8. The molecule has 0 aromatic heterocycles. The zero-order chi connectivity index (χ0) is 25.0. The molecule has 5 heteroatoms. The highest BCUT2D eigenvalue weighted by atomic mass is 32.2. The van der Waals surface area contributed by atoms with Gasteiger partial charge in [-0.05, 0) is 49.1 Å². The lowest BCUT2D eigenvalue weighted by Crippen LogP contribution is -2.52. The Labute approximate surface area is 211 Å². The molecular weight excluding hydrogens is 452 g/mol.